The summed E-state index contributed by atoms with van der Waals surface area (Å²) in [5.41, 5.74) is 3.95. The van der Waals surface area contributed by atoms with E-state index in [-0.39, 0.29) is 12.5 Å². The monoisotopic (exact) mass is 181 g/mol. The first-order chi connectivity index (χ1) is 6.10. The average Bonchev–Trinajstić information content (AvgIpc) is 2.00. The molecule has 0 heterocycles. The molecule has 13 heavy (non-hydrogen) atoms. The first kappa shape index (κ1) is 9.52. The second-order valence-electron chi connectivity index (χ2n) is 3.20. The normalized spacial score (nSPS) is 18.1. The SMILES string of the molecule is N#CC1(C(=O)NCC(N)=O)CCC1. The maximum atomic E-state index is 11.3. The van der Waals surface area contributed by atoms with Crippen LogP contribution in [-0.4, -0.2) is 18.4 Å². The van der Waals surface area contributed by atoms with Crippen molar-refractivity contribution in [2.24, 2.45) is 11.1 Å². The molecule has 70 valence electrons. The molecule has 0 atom stereocenters. The molecule has 5 nitrogen and oxygen atoms in total. The maximum absolute atomic E-state index is 11.3. The van der Waals surface area contributed by atoms with Gasteiger partial charge in [0.15, 0.2) is 0 Å². The van der Waals surface area contributed by atoms with Crippen LogP contribution in [0.5, 0.6) is 0 Å². The van der Waals surface area contributed by atoms with Crippen molar-refractivity contribution in [3.05, 3.63) is 0 Å². The van der Waals surface area contributed by atoms with E-state index in [0.717, 1.165) is 6.42 Å². The van der Waals surface area contributed by atoms with E-state index in [0.29, 0.717) is 12.8 Å². The number of primary amides is 1. The second kappa shape index (κ2) is 3.44. The van der Waals surface area contributed by atoms with Crippen LogP contribution in [0.3, 0.4) is 0 Å². The lowest BCUT2D eigenvalue weighted by Crippen LogP contribution is -2.47. The lowest BCUT2D eigenvalue weighted by atomic mass is 9.69. The lowest BCUT2D eigenvalue weighted by Gasteiger charge is -2.33. The van der Waals surface area contributed by atoms with Gasteiger partial charge in [-0.05, 0) is 19.3 Å². The molecule has 1 saturated carbocycles. The fraction of sp³-hybridized carbons (Fsp3) is 0.625. The Morgan fingerprint density at radius 2 is 2.15 bits per heavy atom. The molecule has 0 spiro atoms. The van der Waals surface area contributed by atoms with Gasteiger partial charge >= 0.3 is 0 Å². The van der Waals surface area contributed by atoms with Crippen LogP contribution in [-0.2, 0) is 9.59 Å². The summed E-state index contributed by atoms with van der Waals surface area (Å²) < 4.78 is 0. The van der Waals surface area contributed by atoms with Crippen LogP contribution in [0.15, 0.2) is 0 Å². The molecule has 0 saturated heterocycles. The standard InChI is InChI=1S/C8H11N3O2/c9-5-8(2-1-3-8)7(13)11-4-6(10)12/h1-4H2,(H2,10,12)(H,11,13). The molecule has 1 rings (SSSR count). The van der Waals surface area contributed by atoms with Crippen LogP contribution in [0.4, 0.5) is 0 Å². The molecule has 1 aliphatic carbocycles. The minimum absolute atomic E-state index is 0.192. The highest BCUT2D eigenvalue weighted by molar-refractivity contribution is 5.89. The largest absolute Gasteiger partial charge is 0.368 e. The summed E-state index contributed by atoms with van der Waals surface area (Å²) >= 11 is 0. The Balaban J connectivity index is 2.48. The Hall–Kier alpha value is -1.57. The molecule has 2 amide bonds. The van der Waals surface area contributed by atoms with Gasteiger partial charge < -0.3 is 11.1 Å². The minimum atomic E-state index is -0.893. The maximum Gasteiger partial charge on any atom is 0.240 e. The van der Waals surface area contributed by atoms with Crippen LogP contribution in [0, 0.1) is 16.7 Å². The molecule has 0 radical (unpaired) electrons. The molecule has 0 aliphatic heterocycles. The third-order valence-corrected chi connectivity index (χ3v) is 2.28. The van der Waals surface area contributed by atoms with Gasteiger partial charge in [0, 0.05) is 0 Å². The van der Waals surface area contributed by atoms with Gasteiger partial charge in [0.1, 0.15) is 5.41 Å². The fourth-order valence-electron chi connectivity index (χ4n) is 1.26. The molecule has 0 aromatic heterocycles. The Morgan fingerprint density at radius 1 is 1.54 bits per heavy atom. The zero-order valence-corrected chi connectivity index (χ0v) is 7.17. The number of carbonyl (C=O) groups excluding carboxylic acids is 2. The van der Waals surface area contributed by atoms with E-state index in [4.69, 9.17) is 11.0 Å². The summed E-state index contributed by atoms with van der Waals surface area (Å²) in [6, 6.07) is 1.97. The predicted molar refractivity (Wildman–Crippen MR) is 44.1 cm³/mol. The van der Waals surface area contributed by atoms with Crippen LogP contribution in [0.1, 0.15) is 19.3 Å². The second-order valence-corrected chi connectivity index (χ2v) is 3.20. The highest BCUT2D eigenvalue weighted by atomic mass is 16.2. The molecule has 3 N–H and O–H groups in total. The van der Waals surface area contributed by atoms with Crippen molar-refractivity contribution in [1.29, 1.82) is 5.26 Å². The van der Waals surface area contributed by atoms with Gasteiger partial charge in [-0.1, -0.05) is 0 Å². The Kier molecular flexibility index (Phi) is 2.52. The number of hydrogen-bond donors (Lipinski definition) is 2. The van der Waals surface area contributed by atoms with Crippen LogP contribution >= 0.6 is 0 Å². The topological polar surface area (TPSA) is 96.0 Å². The highest BCUT2D eigenvalue weighted by Crippen LogP contribution is 2.40. The summed E-state index contributed by atoms with van der Waals surface area (Å²) in [5.74, 6) is -0.971. The number of nitrogens with one attached hydrogen (secondary N) is 1. The summed E-state index contributed by atoms with van der Waals surface area (Å²) in [7, 11) is 0. The average molecular weight is 181 g/mol. The van der Waals surface area contributed by atoms with Crippen molar-refractivity contribution in [2.75, 3.05) is 6.54 Å². The van der Waals surface area contributed by atoms with E-state index < -0.39 is 11.3 Å². The Bertz CT molecular complexity index is 276. The van der Waals surface area contributed by atoms with Crippen molar-refractivity contribution in [2.45, 2.75) is 19.3 Å². The van der Waals surface area contributed by atoms with Crippen molar-refractivity contribution in [1.82, 2.24) is 5.32 Å². The molecule has 0 aromatic rings. The van der Waals surface area contributed by atoms with Gasteiger partial charge in [0.05, 0.1) is 12.6 Å². The molecule has 1 fully saturated rings. The predicted octanol–water partition coefficient (Wildman–Crippen LogP) is -0.718. The molecule has 0 bridgehead atoms. The van der Waals surface area contributed by atoms with Crippen molar-refractivity contribution in [3.63, 3.8) is 0 Å². The highest BCUT2D eigenvalue weighted by Gasteiger charge is 2.44. The molecule has 1 aliphatic rings. The van der Waals surface area contributed by atoms with Crippen molar-refractivity contribution < 1.29 is 9.59 Å². The van der Waals surface area contributed by atoms with Crippen LogP contribution in [0.25, 0.3) is 0 Å². The van der Waals surface area contributed by atoms with E-state index in [1.165, 1.54) is 0 Å². The van der Waals surface area contributed by atoms with Gasteiger partial charge in [0.25, 0.3) is 0 Å². The number of carbonyl (C=O) groups is 2. The van der Waals surface area contributed by atoms with Gasteiger partial charge in [-0.2, -0.15) is 5.26 Å². The first-order valence-corrected chi connectivity index (χ1v) is 4.08. The number of hydrogen-bond acceptors (Lipinski definition) is 3. The number of nitriles is 1. The van der Waals surface area contributed by atoms with Crippen molar-refractivity contribution in [3.8, 4) is 6.07 Å². The van der Waals surface area contributed by atoms with Gasteiger partial charge in [-0.15, -0.1) is 0 Å². The number of amides is 2. The Labute approximate surface area is 75.9 Å². The summed E-state index contributed by atoms with van der Waals surface area (Å²) in [5, 5.41) is 11.1. The first-order valence-electron chi connectivity index (χ1n) is 4.08. The fourth-order valence-corrected chi connectivity index (χ4v) is 1.26. The summed E-state index contributed by atoms with van der Waals surface area (Å²) in [6.45, 7) is -0.192. The molecular weight excluding hydrogens is 170 g/mol. The minimum Gasteiger partial charge on any atom is -0.368 e. The molecule has 5 heteroatoms. The molecule has 0 unspecified atom stereocenters. The smallest absolute Gasteiger partial charge is 0.240 e. The van der Waals surface area contributed by atoms with E-state index in [2.05, 4.69) is 5.32 Å². The third kappa shape index (κ3) is 1.78. The van der Waals surface area contributed by atoms with Gasteiger partial charge in [-0.25, -0.2) is 0 Å². The zero-order chi connectivity index (χ0) is 9.90. The summed E-state index contributed by atoms with van der Waals surface area (Å²) in [6.07, 6.45) is 2.04. The van der Waals surface area contributed by atoms with E-state index in [1.54, 1.807) is 0 Å². The number of nitrogens with zero attached hydrogens (tertiary/aromatic N) is 1. The van der Waals surface area contributed by atoms with Gasteiger partial charge in [0.2, 0.25) is 11.8 Å². The zero-order valence-electron chi connectivity index (χ0n) is 7.17. The Morgan fingerprint density at radius 3 is 2.46 bits per heavy atom. The van der Waals surface area contributed by atoms with Crippen molar-refractivity contribution >= 4 is 11.8 Å². The lowest BCUT2D eigenvalue weighted by molar-refractivity contribution is -0.133. The number of nitrogens with two attached hydrogens (primary N) is 1. The van der Waals surface area contributed by atoms with Crippen LogP contribution in [0.2, 0.25) is 0 Å². The summed E-state index contributed by atoms with van der Waals surface area (Å²) in [4.78, 5) is 21.7. The number of rotatable bonds is 3. The van der Waals surface area contributed by atoms with Crippen LogP contribution < -0.4 is 11.1 Å². The molecular formula is C8H11N3O2. The third-order valence-electron chi connectivity index (χ3n) is 2.28. The quantitative estimate of drug-likeness (QED) is 0.601. The van der Waals surface area contributed by atoms with Gasteiger partial charge in [-0.3, -0.25) is 9.59 Å². The van der Waals surface area contributed by atoms with E-state index >= 15 is 0 Å². The van der Waals surface area contributed by atoms with E-state index in [1.807, 2.05) is 6.07 Å². The molecule has 0 aromatic carbocycles. The van der Waals surface area contributed by atoms with E-state index in [9.17, 15) is 9.59 Å².